The molecule has 0 atom stereocenters. The summed E-state index contributed by atoms with van der Waals surface area (Å²) in [6.07, 6.45) is 4.51. The number of carbonyl (C=O) groups excluding carboxylic acids is 1. The summed E-state index contributed by atoms with van der Waals surface area (Å²) in [5, 5.41) is 2.81. The van der Waals surface area contributed by atoms with Gasteiger partial charge in [0, 0.05) is 32.4 Å². The normalized spacial score (nSPS) is 9.83. The highest BCUT2D eigenvalue weighted by atomic mass is 16.1. The van der Waals surface area contributed by atoms with Gasteiger partial charge in [-0.05, 0) is 11.6 Å². The summed E-state index contributed by atoms with van der Waals surface area (Å²) < 4.78 is 1.97. The average molecular weight is 166 g/mol. The third-order valence-electron chi connectivity index (χ3n) is 1.70. The summed E-state index contributed by atoms with van der Waals surface area (Å²) in [4.78, 5) is 10.9. The molecule has 0 fully saturated rings. The van der Waals surface area contributed by atoms with Crippen molar-refractivity contribution in [3.63, 3.8) is 0 Å². The van der Waals surface area contributed by atoms with Gasteiger partial charge in [0.25, 0.3) is 0 Å². The minimum Gasteiger partial charge on any atom is -0.357 e. The van der Waals surface area contributed by atoms with Crippen LogP contribution in [-0.2, 0) is 18.4 Å². The molecule has 0 bridgehead atoms. The Hall–Kier alpha value is -1.25. The van der Waals surface area contributed by atoms with Gasteiger partial charge >= 0.3 is 0 Å². The molecule has 0 spiro atoms. The van der Waals surface area contributed by atoms with Gasteiger partial charge in [0.1, 0.15) is 0 Å². The Morgan fingerprint density at radius 1 is 1.67 bits per heavy atom. The second-order valence-corrected chi connectivity index (χ2v) is 2.82. The van der Waals surface area contributed by atoms with Crippen molar-refractivity contribution >= 4 is 5.91 Å². The van der Waals surface area contributed by atoms with Crippen molar-refractivity contribution in [3.8, 4) is 0 Å². The molecule has 0 aliphatic carbocycles. The second-order valence-electron chi connectivity index (χ2n) is 2.82. The molecule has 0 aliphatic rings. The summed E-state index contributed by atoms with van der Waals surface area (Å²) in [5.74, 6) is 0.0962. The van der Waals surface area contributed by atoms with Gasteiger partial charge in [0.2, 0.25) is 5.91 Å². The Kier molecular flexibility index (Phi) is 2.91. The number of aryl methyl sites for hydroxylation is 1. The molecule has 1 aromatic rings. The number of carbonyl (C=O) groups is 1. The van der Waals surface area contributed by atoms with Crippen molar-refractivity contribution in [1.29, 1.82) is 0 Å². The van der Waals surface area contributed by atoms with Crippen molar-refractivity contribution in [2.24, 2.45) is 7.05 Å². The number of rotatable bonds is 3. The van der Waals surface area contributed by atoms with Gasteiger partial charge in [-0.1, -0.05) is 6.92 Å². The van der Waals surface area contributed by atoms with E-state index in [1.54, 1.807) is 0 Å². The smallest absolute Gasteiger partial charge is 0.219 e. The first-order valence-corrected chi connectivity index (χ1v) is 4.10. The molecule has 0 aromatic carbocycles. The number of nitrogens with zero attached hydrogens (tertiary/aromatic N) is 1. The fraction of sp³-hybridized carbons (Fsp3) is 0.444. The molecule has 3 heteroatoms. The van der Waals surface area contributed by atoms with E-state index in [1.165, 1.54) is 0 Å². The van der Waals surface area contributed by atoms with Crippen LogP contribution in [0.2, 0.25) is 0 Å². The molecule has 0 radical (unpaired) electrons. The first-order chi connectivity index (χ1) is 5.72. The molecule has 1 aromatic heterocycles. The SMILES string of the molecule is CCC(=O)NCc1ccn(C)c1. The van der Waals surface area contributed by atoms with Crippen molar-refractivity contribution < 1.29 is 4.79 Å². The molecule has 1 N–H and O–H groups in total. The minimum absolute atomic E-state index is 0.0962. The molecular weight excluding hydrogens is 152 g/mol. The van der Waals surface area contributed by atoms with Crippen LogP contribution in [0.4, 0.5) is 0 Å². The number of hydrogen-bond acceptors (Lipinski definition) is 1. The molecule has 12 heavy (non-hydrogen) atoms. The number of hydrogen-bond donors (Lipinski definition) is 1. The lowest BCUT2D eigenvalue weighted by Gasteiger charge is -1.99. The van der Waals surface area contributed by atoms with E-state index in [0.29, 0.717) is 13.0 Å². The van der Waals surface area contributed by atoms with Crippen molar-refractivity contribution in [2.45, 2.75) is 19.9 Å². The van der Waals surface area contributed by atoms with E-state index in [9.17, 15) is 4.79 Å². The summed E-state index contributed by atoms with van der Waals surface area (Å²) in [7, 11) is 1.96. The highest BCUT2D eigenvalue weighted by Gasteiger charge is 1.97. The zero-order valence-electron chi connectivity index (χ0n) is 7.50. The maximum atomic E-state index is 10.9. The Bertz CT molecular complexity index is 265. The average Bonchev–Trinajstić information content (AvgIpc) is 2.47. The lowest BCUT2D eigenvalue weighted by atomic mass is 10.3. The van der Waals surface area contributed by atoms with E-state index in [-0.39, 0.29) is 5.91 Å². The summed E-state index contributed by atoms with van der Waals surface area (Å²) >= 11 is 0. The van der Waals surface area contributed by atoms with E-state index >= 15 is 0 Å². The largest absolute Gasteiger partial charge is 0.357 e. The monoisotopic (exact) mass is 166 g/mol. The Morgan fingerprint density at radius 3 is 2.92 bits per heavy atom. The van der Waals surface area contributed by atoms with Gasteiger partial charge in [-0.25, -0.2) is 0 Å². The Balaban J connectivity index is 2.38. The molecule has 0 saturated heterocycles. The number of nitrogens with one attached hydrogen (secondary N) is 1. The Labute approximate surface area is 72.4 Å². The van der Waals surface area contributed by atoms with Crippen LogP contribution in [0.1, 0.15) is 18.9 Å². The summed E-state index contributed by atoms with van der Waals surface area (Å²) in [6.45, 7) is 2.48. The van der Waals surface area contributed by atoms with Gasteiger partial charge in [-0.15, -0.1) is 0 Å². The van der Waals surface area contributed by atoms with E-state index in [2.05, 4.69) is 5.32 Å². The maximum Gasteiger partial charge on any atom is 0.219 e. The van der Waals surface area contributed by atoms with Crippen LogP contribution in [0, 0.1) is 0 Å². The first kappa shape index (κ1) is 8.84. The van der Waals surface area contributed by atoms with Gasteiger partial charge in [0.15, 0.2) is 0 Å². The topological polar surface area (TPSA) is 34.0 Å². The first-order valence-electron chi connectivity index (χ1n) is 4.10. The Morgan fingerprint density at radius 2 is 2.42 bits per heavy atom. The molecule has 1 heterocycles. The fourth-order valence-electron chi connectivity index (χ4n) is 0.991. The predicted octanol–water partition coefficient (Wildman–Crippen LogP) is 1.05. The van der Waals surface area contributed by atoms with Gasteiger partial charge in [-0.2, -0.15) is 0 Å². The molecule has 3 nitrogen and oxygen atoms in total. The lowest BCUT2D eigenvalue weighted by molar-refractivity contribution is -0.120. The molecule has 1 rings (SSSR count). The van der Waals surface area contributed by atoms with Crippen LogP contribution in [0.25, 0.3) is 0 Å². The van der Waals surface area contributed by atoms with Crippen LogP contribution in [0.15, 0.2) is 18.5 Å². The zero-order valence-corrected chi connectivity index (χ0v) is 7.50. The summed E-state index contributed by atoms with van der Waals surface area (Å²) in [5.41, 5.74) is 1.14. The highest BCUT2D eigenvalue weighted by molar-refractivity contribution is 5.75. The lowest BCUT2D eigenvalue weighted by Crippen LogP contribution is -2.21. The molecule has 0 saturated carbocycles. The molecule has 0 aliphatic heterocycles. The third kappa shape index (κ3) is 2.42. The summed E-state index contributed by atoms with van der Waals surface area (Å²) in [6, 6.07) is 2.00. The van der Waals surface area contributed by atoms with Crippen LogP contribution in [0.5, 0.6) is 0 Å². The van der Waals surface area contributed by atoms with Crippen LogP contribution >= 0.6 is 0 Å². The standard InChI is InChI=1S/C9H14N2O/c1-3-9(12)10-6-8-4-5-11(2)7-8/h4-5,7H,3,6H2,1-2H3,(H,10,12). The third-order valence-corrected chi connectivity index (χ3v) is 1.70. The second kappa shape index (κ2) is 3.95. The van der Waals surface area contributed by atoms with Crippen molar-refractivity contribution in [2.75, 3.05) is 0 Å². The quantitative estimate of drug-likeness (QED) is 0.715. The van der Waals surface area contributed by atoms with E-state index < -0.39 is 0 Å². The van der Waals surface area contributed by atoms with Crippen molar-refractivity contribution in [1.82, 2.24) is 9.88 Å². The number of amides is 1. The van der Waals surface area contributed by atoms with Crippen LogP contribution < -0.4 is 5.32 Å². The molecule has 66 valence electrons. The van der Waals surface area contributed by atoms with E-state index in [1.807, 2.05) is 37.0 Å². The maximum absolute atomic E-state index is 10.9. The molecule has 1 amide bonds. The molecule has 0 unspecified atom stereocenters. The van der Waals surface area contributed by atoms with Gasteiger partial charge < -0.3 is 9.88 Å². The zero-order chi connectivity index (χ0) is 8.97. The van der Waals surface area contributed by atoms with Gasteiger partial charge in [0.05, 0.1) is 0 Å². The fourth-order valence-corrected chi connectivity index (χ4v) is 0.991. The van der Waals surface area contributed by atoms with Crippen LogP contribution in [-0.4, -0.2) is 10.5 Å². The van der Waals surface area contributed by atoms with Crippen LogP contribution in [0.3, 0.4) is 0 Å². The predicted molar refractivity (Wildman–Crippen MR) is 47.6 cm³/mol. The number of aromatic nitrogens is 1. The van der Waals surface area contributed by atoms with Gasteiger partial charge in [-0.3, -0.25) is 4.79 Å². The molecular formula is C9H14N2O. The van der Waals surface area contributed by atoms with E-state index in [0.717, 1.165) is 5.56 Å². The van der Waals surface area contributed by atoms with E-state index in [4.69, 9.17) is 0 Å². The highest BCUT2D eigenvalue weighted by Crippen LogP contribution is 1.98. The van der Waals surface area contributed by atoms with Crippen molar-refractivity contribution in [3.05, 3.63) is 24.0 Å². The minimum atomic E-state index is 0.0962.